The molecule has 0 aliphatic heterocycles. The molecule has 1 atom stereocenters. The van der Waals surface area contributed by atoms with E-state index in [4.69, 9.17) is 4.74 Å². The average Bonchev–Trinajstić information content (AvgIpc) is 2.79. The van der Waals surface area contributed by atoms with Crippen LogP contribution in [0, 0.1) is 0 Å². The lowest BCUT2D eigenvalue weighted by Gasteiger charge is -2.11. The number of rotatable bonds is 8. The van der Waals surface area contributed by atoms with Gasteiger partial charge in [-0.25, -0.2) is 0 Å². The van der Waals surface area contributed by atoms with Crippen LogP contribution in [0.5, 0.6) is 0 Å². The van der Waals surface area contributed by atoms with Gasteiger partial charge >= 0.3 is 0 Å². The lowest BCUT2D eigenvalue weighted by atomic mass is 10.1. The van der Waals surface area contributed by atoms with E-state index in [0.717, 1.165) is 21.8 Å². The summed E-state index contributed by atoms with van der Waals surface area (Å²) in [7, 11) is 1.67. The van der Waals surface area contributed by atoms with Crippen LogP contribution >= 0.6 is 27.3 Å². The maximum absolute atomic E-state index is 11.9. The van der Waals surface area contributed by atoms with Gasteiger partial charge in [0.15, 0.2) is 0 Å². The first-order valence-electron chi connectivity index (χ1n) is 5.87. The van der Waals surface area contributed by atoms with Crippen molar-refractivity contribution in [3.8, 4) is 0 Å². The number of hydrogen-bond acceptors (Lipinski definition) is 4. The van der Waals surface area contributed by atoms with E-state index in [1.54, 1.807) is 18.4 Å². The van der Waals surface area contributed by atoms with Crippen LogP contribution in [-0.2, 0) is 9.53 Å². The maximum Gasteiger partial charge on any atom is 0.228 e. The number of halogens is 1. The molecular formula is C12H19BrN2O2S. The molecule has 4 nitrogen and oxygen atoms in total. The molecule has 0 aliphatic rings. The summed E-state index contributed by atoms with van der Waals surface area (Å²) in [4.78, 5) is 12.9. The molecule has 0 saturated carbocycles. The topological polar surface area (TPSA) is 50.4 Å². The van der Waals surface area contributed by atoms with Crippen molar-refractivity contribution >= 4 is 33.2 Å². The maximum atomic E-state index is 11.9. The Hall–Kier alpha value is -0.430. The summed E-state index contributed by atoms with van der Waals surface area (Å²) >= 11 is 5.00. The zero-order valence-electron chi connectivity index (χ0n) is 10.7. The third kappa shape index (κ3) is 5.48. The second-order valence-corrected chi connectivity index (χ2v) is 6.39. The molecule has 0 fully saturated rings. The van der Waals surface area contributed by atoms with E-state index in [0.29, 0.717) is 13.2 Å². The van der Waals surface area contributed by atoms with Gasteiger partial charge in [0.25, 0.3) is 0 Å². The summed E-state index contributed by atoms with van der Waals surface area (Å²) in [5, 5.41) is 6.10. The largest absolute Gasteiger partial charge is 0.383 e. The van der Waals surface area contributed by atoms with Gasteiger partial charge in [0.05, 0.1) is 16.3 Å². The first kappa shape index (κ1) is 15.6. The molecule has 1 aromatic rings. The van der Waals surface area contributed by atoms with Crippen LogP contribution in [0.1, 0.15) is 17.7 Å². The third-order valence-electron chi connectivity index (χ3n) is 2.50. The molecule has 0 aliphatic carbocycles. The van der Waals surface area contributed by atoms with Gasteiger partial charge in [-0.15, -0.1) is 11.3 Å². The van der Waals surface area contributed by atoms with Crippen LogP contribution in [0.2, 0.25) is 0 Å². The Morgan fingerprint density at radius 1 is 1.44 bits per heavy atom. The van der Waals surface area contributed by atoms with E-state index in [9.17, 15) is 4.79 Å². The standard InChI is InChI=1S/C12H19BrN2O2S/c1-9(10-3-4-11(13)18-10)12(16)15-6-5-14-7-8-17-2/h3-4,9,14H,5-8H2,1-2H3,(H,15,16). The molecule has 1 aromatic heterocycles. The van der Waals surface area contributed by atoms with Crippen LogP contribution in [0.4, 0.5) is 0 Å². The Labute approximate surface area is 120 Å². The van der Waals surface area contributed by atoms with Gasteiger partial charge in [-0.2, -0.15) is 0 Å². The van der Waals surface area contributed by atoms with Crippen LogP contribution in [0.25, 0.3) is 0 Å². The van der Waals surface area contributed by atoms with Gasteiger partial charge in [-0.05, 0) is 35.0 Å². The molecule has 2 N–H and O–H groups in total. The molecule has 1 rings (SSSR count). The average molecular weight is 335 g/mol. The Kier molecular flexibility index (Phi) is 7.50. The molecule has 0 aromatic carbocycles. The second-order valence-electron chi connectivity index (χ2n) is 3.90. The molecular weight excluding hydrogens is 316 g/mol. The monoisotopic (exact) mass is 334 g/mol. The molecule has 0 saturated heterocycles. The van der Waals surface area contributed by atoms with E-state index in [-0.39, 0.29) is 11.8 Å². The highest BCUT2D eigenvalue weighted by Crippen LogP contribution is 2.28. The molecule has 1 heterocycles. The molecule has 18 heavy (non-hydrogen) atoms. The Morgan fingerprint density at radius 2 is 2.22 bits per heavy atom. The minimum absolute atomic E-state index is 0.0675. The summed E-state index contributed by atoms with van der Waals surface area (Å²) in [6, 6.07) is 3.95. The molecule has 102 valence electrons. The Balaban J connectivity index is 2.20. The minimum atomic E-state index is -0.0970. The molecule has 6 heteroatoms. The quantitative estimate of drug-likeness (QED) is 0.714. The normalized spacial score (nSPS) is 12.4. The summed E-state index contributed by atoms with van der Waals surface area (Å²) in [5.74, 6) is -0.0295. The highest BCUT2D eigenvalue weighted by atomic mass is 79.9. The number of carbonyl (C=O) groups excluding carboxylic acids is 1. The Morgan fingerprint density at radius 3 is 2.83 bits per heavy atom. The fourth-order valence-corrected chi connectivity index (χ4v) is 2.89. The van der Waals surface area contributed by atoms with E-state index in [1.807, 2.05) is 19.1 Å². The van der Waals surface area contributed by atoms with Crippen LogP contribution in [0.3, 0.4) is 0 Å². The van der Waals surface area contributed by atoms with Gasteiger partial charge in [0.2, 0.25) is 5.91 Å². The smallest absolute Gasteiger partial charge is 0.228 e. The first-order valence-corrected chi connectivity index (χ1v) is 7.48. The van der Waals surface area contributed by atoms with Gasteiger partial charge in [0.1, 0.15) is 0 Å². The fraction of sp³-hybridized carbons (Fsp3) is 0.583. The summed E-state index contributed by atoms with van der Waals surface area (Å²) in [6.45, 7) is 4.81. The summed E-state index contributed by atoms with van der Waals surface area (Å²) in [5.41, 5.74) is 0. The zero-order chi connectivity index (χ0) is 13.4. The number of nitrogens with one attached hydrogen (secondary N) is 2. The van der Waals surface area contributed by atoms with Crippen LogP contribution in [0.15, 0.2) is 15.9 Å². The van der Waals surface area contributed by atoms with E-state index < -0.39 is 0 Å². The van der Waals surface area contributed by atoms with Crippen molar-refractivity contribution in [1.29, 1.82) is 0 Å². The predicted octanol–water partition coefficient (Wildman–Crippen LogP) is 1.97. The van der Waals surface area contributed by atoms with Gasteiger partial charge < -0.3 is 15.4 Å². The number of carbonyl (C=O) groups is 1. The first-order chi connectivity index (χ1) is 8.65. The summed E-state index contributed by atoms with van der Waals surface area (Å²) in [6.07, 6.45) is 0. The number of thiophene rings is 1. The molecule has 0 radical (unpaired) electrons. The highest BCUT2D eigenvalue weighted by molar-refractivity contribution is 9.11. The zero-order valence-corrected chi connectivity index (χ0v) is 13.1. The van der Waals surface area contributed by atoms with Crippen LogP contribution in [-0.4, -0.2) is 39.3 Å². The van der Waals surface area contributed by atoms with E-state index in [1.165, 1.54) is 0 Å². The number of ether oxygens (including phenoxy) is 1. The van der Waals surface area contributed by atoms with Crippen molar-refractivity contribution in [1.82, 2.24) is 10.6 Å². The second kappa shape index (κ2) is 8.63. The number of hydrogen-bond donors (Lipinski definition) is 2. The molecule has 1 unspecified atom stereocenters. The van der Waals surface area contributed by atoms with Crippen molar-refractivity contribution in [2.24, 2.45) is 0 Å². The van der Waals surface area contributed by atoms with Gasteiger partial charge in [-0.3, -0.25) is 4.79 Å². The molecule has 0 spiro atoms. The van der Waals surface area contributed by atoms with Crippen molar-refractivity contribution in [2.75, 3.05) is 33.4 Å². The van der Waals surface area contributed by atoms with Crippen molar-refractivity contribution in [3.05, 3.63) is 20.8 Å². The van der Waals surface area contributed by atoms with Crippen molar-refractivity contribution in [3.63, 3.8) is 0 Å². The van der Waals surface area contributed by atoms with Crippen LogP contribution < -0.4 is 10.6 Å². The highest BCUT2D eigenvalue weighted by Gasteiger charge is 2.16. The van der Waals surface area contributed by atoms with Gasteiger partial charge in [-0.1, -0.05) is 0 Å². The lowest BCUT2D eigenvalue weighted by Crippen LogP contribution is -2.35. The number of methoxy groups -OCH3 is 1. The molecule has 0 bridgehead atoms. The summed E-state index contributed by atoms with van der Waals surface area (Å²) < 4.78 is 5.97. The fourth-order valence-electron chi connectivity index (χ4n) is 1.42. The van der Waals surface area contributed by atoms with E-state index >= 15 is 0 Å². The SMILES string of the molecule is COCCNCCNC(=O)C(C)c1ccc(Br)s1. The Bertz CT molecular complexity index is 371. The predicted molar refractivity (Wildman–Crippen MR) is 78.2 cm³/mol. The minimum Gasteiger partial charge on any atom is -0.383 e. The molecule has 1 amide bonds. The number of amides is 1. The van der Waals surface area contributed by atoms with Crippen molar-refractivity contribution < 1.29 is 9.53 Å². The van der Waals surface area contributed by atoms with Crippen molar-refractivity contribution in [2.45, 2.75) is 12.8 Å². The lowest BCUT2D eigenvalue weighted by molar-refractivity contribution is -0.122. The van der Waals surface area contributed by atoms with E-state index in [2.05, 4.69) is 26.6 Å². The third-order valence-corrected chi connectivity index (χ3v) is 4.30. The van der Waals surface area contributed by atoms with Gasteiger partial charge in [0, 0.05) is 31.6 Å².